The topological polar surface area (TPSA) is 49.4 Å². The highest BCUT2D eigenvalue weighted by atomic mass is 35.5. The first-order chi connectivity index (χ1) is 10.0. The molecule has 0 aliphatic carbocycles. The fraction of sp³-hybridized carbons (Fsp3) is 0.600. The zero-order chi connectivity index (χ0) is 15.3. The molecule has 0 radical (unpaired) electrons. The Hall–Kier alpha value is -0.620. The summed E-state index contributed by atoms with van der Waals surface area (Å²) < 4.78 is 24.7. The average Bonchev–Trinajstić information content (AvgIpc) is 2.49. The van der Waals surface area contributed by atoms with Crippen LogP contribution in [0.2, 0.25) is 5.02 Å². The third-order valence-corrected chi connectivity index (χ3v) is 6.01. The van der Waals surface area contributed by atoms with Crippen LogP contribution in [0.5, 0.6) is 0 Å². The average molecular weight is 331 g/mol. The summed E-state index contributed by atoms with van der Waals surface area (Å²) in [5.74, 6) is 0.159. The number of halogens is 1. The molecule has 1 aliphatic heterocycles. The van der Waals surface area contributed by atoms with Gasteiger partial charge in [0.15, 0.2) is 9.84 Å². The van der Waals surface area contributed by atoms with Crippen LogP contribution in [0.25, 0.3) is 0 Å². The SMILES string of the molecule is CCN(CCS(=O)(=O)c1ccc(Cl)cc1)C1CCNCC1. The molecule has 1 aromatic rings. The summed E-state index contributed by atoms with van der Waals surface area (Å²) in [5, 5.41) is 3.89. The van der Waals surface area contributed by atoms with Crippen molar-refractivity contribution in [3.8, 4) is 0 Å². The molecule has 0 amide bonds. The van der Waals surface area contributed by atoms with Gasteiger partial charge in [-0.3, -0.25) is 4.90 Å². The van der Waals surface area contributed by atoms with E-state index in [1.807, 2.05) is 0 Å². The molecule has 2 rings (SSSR count). The van der Waals surface area contributed by atoms with Gasteiger partial charge in [0, 0.05) is 17.6 Å². The molecule has 1 N–H and O–H groups in total. The Morgan fingerprint density at radius 3 is 2.43 bits per heavy atom. The van der Waals surface area contributed by atoms with E-state index in [-0.39, 0.29) is 5.75 Å². The number of nitrogens with one attached hydrogen (secondary N) is 1. The van der Waals surface area contributed by atoms with Crippen molar-refractivity contribution < 1.29 is 8.42 Å². The van der Waals surface area contributed by atoms with Crippen molar-refractivity contribution in [2.24, 2.45) is 0 Å². The Bertz CT molecular complexity index is 539. The summed E-state index contributed by atoms with van der Waals surface area (Å²) in [6.07, 6.45) is 2.18. The molecule has 1 fully saturated rings. The van der Waals surface area contributed by atoms with E-state index in [4.69, 9.17) is 11.6 Å². The fourth-order valence-electron chi connectivity index (χ4n) is 2.77. The Labute approximate surface area is 132 Å². The van der Waals surface area contributed by atoms with Crippen LogP contribution in [0.1, 0.15) is 19.8 Å². The summed E-state index contributed by atoms with van der Waals surface area (Å²) in [7, 11) is -3.24. The number of hydrogen-bond donors (Lipinski definition) is 1. The minimum atomic E-state index is -3.24. The molecule has 1 aliphatic rings. The predicted octanol–water partition coefficient (Wildman–Crippen LogP) is 2.19. The highest BCUT2D eigenvalue weighted by Crippen LogP contribution is 2.17. The number of piperidine rings is 1. The first-order valence-electron chi connectivity index (χ1n) is 7.46. The molecule has 118 valence electrons. The zero-order valence-corrected chi connectivity index (χ0v) is 14.0. The van der Waals surface area contributed by atoms with Crippen molar-refractivity contribution >= 4 is 21.4 Å². The second-order valence-electron chi connectivity index (χ2n) is 5.38. The minimum Gasteiger partial charge on any atom is -0.317 e. The van der Waals surface area contributed by atoms with Crippen molar-refractivity contribution in [2.45, 2.75) is 30.7 Å². The summed E-state index contributed by atoms with van der Waals surface area (Å²) in [6, 6.07) is 6.91. The van der Waals surface area contributed by atoms with Crippen LogP contribution in [0.4, 0.5) is 0 Å². The maximum absolute atomic E-state index is 12.4. The van der Waals surface area contributed by atoms with E-state index in [1.54, 1.807) is 24.3 Å². The van der Waals surface area contributed by atoms with Crippen LogP contribution in [-0.2, 0) is 9.84 Å². The van der Waals surface area contributed by atoms with Crippen molar-refractivity contribution in [1.82, 2.24) is 10.2 Å². The van der Waals surface area contributed by atoms with Gasteiger partial charge >= 0.3 is 0 Å². The lowest BCUT2D eigenvalue weighted by molar-refractivity contribution is 0.179. The van der Waals surface area contributed by atoms with Crippen LogP contribution in [-0.4, -0.2) is 51.3 Å². The van der Waals surface area contributed by atoms with Gasteiger partial charge in [-0.2, -0.15) is 0 Å². The lowest BCUT2D eigenvalue weighted by atomic mass is 10.1. The van der Waals surface area contributed by atoms with E-state index in [0.29, 0.717) is 22.5 Å². The minimum absolute atomic E-state index is 0.159. The first kappa shape index (κ1) is 16.7. The monoisotopic (exact) mass is 330 g/mol. The van der Waals surface area contributed by atoms with Crippen LogP contribution < -0.4 is 5.32 Å². The second kappa shape index (κ2) is 7.58. The maximum Gasteiger partial charge on any atom is 0.179 e. The summed E-state index contributed by atoms with van der Waals surface area (Å²) in [4.78, 5) is 2.64. The van der Waals surface area contributed by atoms with E-state index in [0.717, 1.165) is 32.5 Å². The molecule has 0 saturated carbocycles. The van der Waals surface area contributed by atoms with E-state index >= 15 is 0 Å². The van der Waals surface area contributed by atoms with Crippen LogP contribution in [0.15, 0.2) is 29.2 Å². The summed E-state index contributed by atoms with van der Waals surface area (Å²) >= 11 is 5.80. The van der Waals surface area contributed by atoms with Gasteiger partial charge in [0.25, 0.3) is 0 Å². The van der Waals surface area contributed by atoms with Gasteiger partial charge in [0.2, 0.25) is 0 Å². The highest BCUT2D eigenvalue weighted by molar-refractivity contribution is 7.91. The number of sulfone groups is 1. The van der Waals surface area contributed by atoms with Crippen LogP contribution >= 0.6 is 11.6 Å². The van der Waals surface area contributed by atoms with Gasteiger partial charge in [-0.05, 0) is 56.7 Å². The molecule has 0 bridgehead atoms. The van der Waals surface area contributed by atoms with Gasteiger partial charge in [-0.25, -0.2) is 8.42 Å². The van der Waals surface area contributed by atoms with E-state index < -0.39 is 9.84 Å². The molecule has 1 saturated heterocycles. The van der Waals surface area contributed by atoms with Gasteiger partial charge in [0.05, 0.1) is 10.6 Å². The van der Waals surface area contributed by atoms with Crippen molar-refractivity contribution in [3.63, 3.8) is 0 Å². The number of benzene rings is 1. The van der Waals surface area contributed by atoms with Crippen molar-refractivity contribution in [1.29, 1.82) is 0 Å². The fourth-order valence-corrected chi connectivity index (χ4v) is 4.16. The van der Waals surface area contributed by atoms with Crippen LogP contribution in [0, 0.1) is 0 Å². The molecule has 1 aromatic carbocycles. The van der Waals surface area contributed by atoms with Crippen molar-refractivity contribution in [3.05, 3.63) is 29.3 Å². The molecular weight excluding hydrogens is 308 g/mol. The molecule has 1 heterocycles. The van der Waals surface area contributed by atoms with Gasteiger partial charge in [0.1, 0.15) is 0 Å². The standard InChI is InChI=1S/C15H23ClN2O2S/c1-2-18(14-7-9-17-10-8-14)11-12-21(19,20)15-5-3-13(16)4-6-15/h3-6,14,17H,2,7-12H2,1H3. The van der Waals surface area contributed by atoms with E-state index in [2.05, 4.69) is 17.1 Å². The van der Waals surface area contributed by atoms with Crippen molar-refractivity contribution in [2.75, 3.05) is 31.9 Å². The van der Waals surface area contributed by atoms with E-state index in [1.165, 1.54) is 0 Å². The third kappa shape index (κ3) is 4.68. The Kier molecular flexibility index (Phi) is 6.05. The molecule has 21 heavy (non-hydrogen) atoms. The summed E-state index contributed by atoms with van der Waals surface area (Å²) in [6.45, 7) is 5.61. The molecule has 0 unspecified atom stereocenters. The predicted molar refractivity (Wildman–Crippen MR) is 86.6 cm³/mol. The molecule has 0 aromatic heterocycles. The normalized spacial score (nSPS) is 17.3. The molecule has 0 spiro atoms. The third-order valence-electron chi connectivity index (χ3n) is 4.05. The van der Waals surface area contributed by atoms with Gasteiger partial charge in [-0.1, -0.05) is 18.5 Å². The maximum atomic E-state index is 12.4. The summed E-state index contributed by atoms with van der Waals surface area (Å²) in [5.41, 5.74) is 0. The zero-order valence-electron chi connectivity index (χ0n) is 12.4. The van der Waals surface area contributed by atoms with Crippen LogP contribution in [0.3, 0.4) is 0 Å². The molecule has 6 heteroatoms. The quantitative estimate of drug-likeness (QED) is 0.868. The molecule has 0 atom stereocenters. The van der Waals surface area contributed by atoms with Gasteiger partial charge in [-0.15, -0.1) is 0 Å². The lowest BCUT2D eigenvalue weighted by Crippen LogP contribution is -2.44. The van der Waals surface area contributed by atoms with E-state index in [9.17, 15) is 8.42 Å². The lowest BCUT2D eigenvalue weighted by Gasteiger charge is -2.33. The molecular formula is C15H23ClN2O2S. The first-order valence-corrected chi connectivity index (χ1v) is 9.49. The Morgan fingerprint density at radius 2 is 1.86 bits per heavy atom. The Morgan fingerprint density at radius 1 is 1.24 bits per heavy atom. The van der Waals surface area contributed by atoms with Gasteiger partial charge < -0.3 is 5.32 Å². The number of rotatable bonds is 6. The molecule has 4 nitrogen and oxygen atoms in total. The number of nitrogens with zero attached hydrogens (tertiary/aromatic N) is 1. The smallest absolute Gasteiger partial charge is 0.179 e. The largest absolute Gasteiger partial charge is 0.317 e. The highest BCUT2D eigenvalue weighted by Gasteiger charge is 2.22. The second-order valence-corrected chi connectivity index (χ2v) is 7.93. The Balaban J connectivity index is 1.97. The number of hydrogen-bond acceptors (Lipinski definition) is 4.